The molecule has 4 aromatic heterocycles. The Labute approximate surface area is 298 Å². The average Bonchev–Trinajstić information content (AvgIpc) is 3.79. The summed E-state index contributed by atoms with van der Waals surface area (Å²) < 4.78 is 13.1. The Morgan fingerprint density at radius 1 is 0.327 bits per heavy atom. The van der Waals surface area contributed by atoms with Crippen LogP contribution in [0.15, 0.2) is 179 Å². The van der Waals surface area contributed by atoms with Crippen molar-refractivity contribution < 1.29 is 8.83 Å². The van der Waals surface area contributed by atoms with E-state index in [1.807, 2.05) is 42.5 Å². The minimum absolute atomic E-state index is 0.864. The highest BCUT2D eigenvalue weighted by atomic mass is 16.3. The van der Waals surface area contributed by atoms with Crippen molar-refractivity contribution >= 4 is 65.7 Å². The molecular formula is C48H28N2O2. The number of aromatic nitrogens is 2. The third-order valence-electron chi connectivity index (χ3n) is 10.2. The molecule has 4 nitrogen and oxygen atoms in total. The fourth-order valence-corrected chi connectivity index (χ4v) is 7.73. The molecule has 242 valence electrons. The number of benzene rings is 7. The predicted octanol–water partition coefficient (Wildman–Crippen LogP) is 13.2. The van der Waals surface area contributed by atoms with Crippen LogP contribution in [0.3, 0.4) is 0 Å². The van der Waals surface area contributed by atoms with Crippen molar-refractivity contribution in [1.29, 1.82) is 0 Å². The summed E-state index contributed by atoms with van der Waals surface area (Å²) in [5.41, 5.74) is 13.2. The molecule has 0 fully saturated rings. The summed E-state index contributed by atoms with van der Waals surface area (Å²) in [6.45, 7) is 0. The molecule has 0 aliphatic carbocycles. The average molecular weight is 665 g/mol. The normalized spacial score (nSPS) is 11.8. The molecule has 0 aliphatic heterocycles. The Bertz CT molecular complexity index is 3060. The molecule has 0 unspecified atom stereocenters. The van der Waals surface area contributed by atoms with Crippen LogP contribution in [0.2, 0.25) is 0 Å². The lowest BCUT2D eigenvalue weighted by Gasteiger charge is -2.13. The van der Waals surface area contributed by atoms with E-state index in [1.54, 1.807) is 0 Å². The second-order valence-electron chi connectivity index (χ2n) is 13.3. The summed E-state index contributed by atoms with van der Waals surface area (Å²) in [5, 5.41) is 6.50. The summed E-state index contributed by atoms with van der Waals surface area (Å²) in [6.07, 6.45) is 0. The Kier molecular flexibility index (Phi) is 6.22. The zero-order chi connectivity index (χ0) is 34.2. The van der Waals surface area contributed by atoms with Crippen molar-refractivity contribution in [3.05, 3.63) is 170 Å². The van der Waals surface area contributed by atoms with Crippen molar-refractivity contribution in [3.8, 4) is 44.8 Å². The summed E-state index contributed by atoms with van der Waals surface area (Å²) in [4.78, 5) is 10.5. The van der Waals surface area contributed by atoms with Gasteiger partial charge in [0.05, 0.1) is 22.4 Å². The lowest BCUT2D eigenvalue weighted by atomic mass is 9.93. The molecule has 52 heavy (non-hydrogen) atoms. The van der Waals surface area contributed by atoms with Gasteiger partial charge < -0.3 is 8.83 Å². The number of hydrogen-bond donors (Lipinski definition) is 0. The first-order valence-electron chi connectivity index (χ1n) is 17.5. The standard InChI is InChI=1S/C48H28N2O2/c1-2-10-29(11-3-1)41-24-22-30-20-21-31-23-25-42(50-46(31)45(30)49-41)34-27-32(35-14-8-16-39-37-12-4-6-18-43(37)51-47(35)39)26-33(28-34)36-15-9-17-40-38-13-5-7-19-44(38)52-48(36)40/h1-28H. The van der Waals surface area contributed by atoms with Gasteiger partial charge in [-0.3, -0.25) is 0 Å². The maximum absolute atomic E-state index is 6.55. The van der Waals surface area contributed by atoms with Crippen LogP contribution in [-0.2, 0) is 0 Å². The number of nitrogens with zero attached hydrogens (tertiary/aromatic N) is 2. The van der Waals surface area contributed by atoms with Gasteiger partial charge in [0.1, 0.15) is 22.3 Å². The van der Waals surface area contributed by atoms with Gasteiger partial charge in [-0.1, -0.05) is 127 Å². The van der Waals surface area contributed by atoms with Crippen molar-refractivity contribution in [3.63, 3.8) is 0 Å². The lowest BCUT2D eigenvalue weighted by Crippen LogP contribution is -1.92. The predicted molar refractivity (Wildman–Crippen MR) is 213 cm³/mol. The third-order valence-corrected chi connectivity index (χ3v) is 10.2. The first-order chi connectivity index (χ1) is 25.7. The topological polar surface area (TPSA) is 52.1 Å². The summed E-state index contributed by atoms with van der Waals surface area (Å²) in [5.74, 6) is 0. The monoisotopic (exact) mass is 664 g/mol. The van der Waals surface area contributed by atoms with E-state index in [-0.39, 0.29) is 0 Å². The molecule has 0 amide bonds. The zero-order valence-electron chi connectivity index (χ0n) is 27.9. The first kappa shape index (κ1) is 28.8. The number of para-hydroxylation sites is 4. The number of pyridine rings is 2. The number of rotatable bonds is 4. The Morgan fingerprint density at radius 3 is 1.33 bits per heavy atom. The molecule has 11 rings (SSSR count). The van der Waals surface area contributed by atoms with Crippen LogP contribution in [0.1, 0.15) is 0 Å². The summed E-state index contributed by atoms with van der Waals surface area (Å²) in [7, 11) is 0. The maximum atomic E-state index is 6.55. The number of hydrogen-bond acceptors (Lipinski definition) is 4. The van der Waals surface area contributed by atoms with Crippen molar-refractivity contribution in [2.75, 3.05) is 0 Å². The van der Waals surface area contributed by atoms with E-state index in [9.17, 15) is 0 Å². The minimum Gasteiger partial charge on any atom is -0.455 e. The third kappa shape index (κ3) is 4.48. The molecule has 4 heterocycles. The molecule has 0 aliphatic rings. The Hall–Kier alpha value is -7.04. The molecule has 0 saturated carbocycles. The highest BCUT2D eigenvalue weighted by Crippen LogP contribution is 2.42. The van der Waals surface area contributed by atoms with Gasteiger partial charge in [-0.05, 0) is 53.6 Å². The van der Waals surface area contributed by atoms with Crippen LogP contribution in [0.25, 0.3) is 110 Å². The highest BCUT2D eigenvalue weighted by molar-refractivity contribution is 6.12. The quantitative estimate of drug-likeness (QED) is 0.176. The summed E-state index contributed by atoms with van der Waals surface area (Å²) in [6, 6.07) is 59.0. The van der Waals surface area contributed by atoms with Crippen LogP contribution in [0.4, 0.5) is 0 Å². The Balaban J connectivity index is 1.17. The maximum Gasteiger partial charge on any atom is 0.143 e. The van der Waals surface area contributed by atoms with Crippen molar-refractivity contribution in [2.45, 2.75) is 0 Å². The van der Waals surface area contributed by atoms with E-state index < -0.39 is 0 Å². The van der Waals surface area contributed by atoms with Gasteiger partial charge in [-0.2, -0.15) is 0 Å². The largest absolute Gasteiger partial charge is 0.455 e. The molecule has 0 bridgehead atoms. The van der Waals surface area contributed by atoms with E-state index in [0.717, 1.165) is 110 Å². The summed E-state index contributed by atoms with van der Waals surface area (Å²) >= 11 is 0. The van der Waals surface area contributed by atoms with Gasteiger partial charge in [0.2, 0.25) is 0 Å². The molecular weight excluding hydrogens is 637 g/mol. The zero-order valence-corrected chi connectivity index (χ0v) is 27.9. The van der Waals surface area contributed by atoms with Gasteiger partial charge in [0.25, 0.3) is 0 Å². The molecule has 4 heteroatoms. The molecule has 0 radical (unpaired) electrons. The van der Waals surface area contributed by atoms with Gasteiger partial charge in [0.15, 0.2) is 0 Å². The van der Waals surface area contributed by atoms with Crippen molar-refractivity contribution in [2.24, 2.45) is 0 Å². The van der Waals surface area contributed by atoms with Gasteiger partial charge >= 0.3 is 0 Å². The van der Waals surface area contributed by atoms with Crippen LogP contribution in [0.5, 0.6) is 0 Å². The van der Waals surface area contributed by atoms with Crippen LogP contribution < -0.4 is 0 Å². The lowest BCUT2D eigenvalue weighted by molar-refractivity contribution is 0.670. The molecule has 0 spiro atoms. The second kappa shape index (κ2) is 11.2. The molecule has 0 atom stereocenters. The molecule has 0 N–H and O–H groups in total. The molecule has 11 aromatic rings. The van der Waals surface area contributed by atoms with Crippen LogP contribution in [-0.4, -0.2) is 9.97 Å². The fraction of sp³-hybridized carbons (Fsp3) is 0. The van der Waals surface area contributed by atoms with E-state index in [0.29, 0.717) is 0 Å². The highest BCUT2D eigenvalue weighted by Gasteiger charge is 2.18. The molecule has 0 saturated heterocycles. The van der Waals surface area contributed by atoms with Crippen LogP contribution in [0, 0.1) is 0 Å². The minimum atomic E-state index is 0.864. The Morgan fingerprint density at radius 2 is 0.769 bits per heavy atom. The smallest absolute Gasteiger partial charge is 0.143 e. The van der Waals surface area contributed by atoms with E-state index in [2.05, 4.69) is 127 Å². The molecule has 7 aromatic carbocycles. The van der Waals surface area contributed by atoms with Crippen LogP contribution >= 0.6 is 0 Å². The van der Waals surface area contributed by atoms with E-state index in [1.165, 1.54) is 0 Å². The SMILES string of the molecule is c1ccc(-c2ccc3ccc4ccc(-c5cc(-c6cccc7c6oc6ccccc67)cc(-c6cccc7c6oc6ccccc67)c5)nc4c3n2)cc1. The van der Waals surface area contributed by atoms with Crippen molar-refractivity contribution in [1.82, 2.24) is 9.97 Å². The van der Waals surface area contributed by atoms with Gasteiger partial charge in [-0.25, -0.2) is 9.97 Å². The fourth-order valence-electron chi connectivity index (χ4n) is 7.73. The van der Waals surface area contributed by atoms with E-state index >= 15 is 0 Å². The number of fused-ring (bicyclic) bond motifs is 9. The first-order valence-corrected chi connectivity index (χ1v) is 17.5. The van der Waals surface area contributed by atoms with E-state index in [4.69, 9.17) is 18.8 Å². The number of furan rings is 2. The second-order valence-corrected chi connectivity index (χ2v) is 13.3. The van der Waals surface area contributed by atoms with Gasteiger partial charge in [-0.15, -0.1) is 0 Å². The van der Waals surface area contributed by atoms with Gasteiger partial charge in [0, 0.05) is 54.6 Å².